The molecule has 2 rings (SSSR count). The Morgan fingerprint density at radius 1 is 1.19 bits per heavy atom. The molecule has 16 heavy (non-hydrogen) atoms. The van der Waals surface area contributed by atoms with Gasteiger partial charge >= 0.3 is 0 Å². The van der Waals surface area contributed by atoms with Crippen LogP contribution >= 0.6 is 23.2 Å². The molecule has 0 saturated carbocycles. The molecule has 0 unspecified atom stereocenters. The van der Waals surface area contributed by atoms with Crippen LogP contribution in [0.5, 0.6) is 0 Å². The average Bonchev–Trinajstić information content (AvgIpc) is 2.64. The summed E-state index contributed by atoms with van der Waals surface area (Å²) in [6.07, 6.45) is 0. The van der Waals surface area contributed by atoms with E-state index in [9.17, 15) is 8.78 Å². The van der Waals surface area contributed by atoms with E-state index in [2.05, 4.69) is 5.16 Å². The number of rotatable bonds is 2. The molecule has 0 aliphatic carbocycles. The number of hydrogen-bond acceptors (Lipinski definition) is 2. The first-order valence-electron chi connectivity index (χ1n) is 4.28. The lowest BCUT2D eigenvalue weighted by Crippen LogP contribution is -1.90. The maximum atomic E-state index is 13.5. The lowest BCUT2D eigenvalue weighted by Gasteiger charge is -2.01. The molecule has 0 atom stereocenters. The molecule has 1 aromatic carbocycles. The third-order valence-corrected chi connectivity index (χ3v) is 2.44. The standard InChI is InChI=1S/C10H5Cl2F2NO/c11-4-6-3-9(15-16-6)10-7(13)1-5(12)2-8(10)14/h1-3H,4H2. The molecule has 84 valence electrons. The van der Waals surface area contributed by atoms with Gasteiger partial charge in [-0.1, -0.05) is 16.8 Å². The molecule has 2 aromatic rings. The van der Waals surface area contributed by atoms with E-state index in [-0.39, 0.29) is 22.2 Å². The zero-order valence-corrected chi connectivity index (χ0v) is 9.32. The topological polar surface area (TPSA) is 26.0 Å². The predicted molar refractivity (Wildman–Crippen MR) is 56.4 cm³/mol. The molecule has 0 bridgehead atoms. The van der Waals surface area contributed by atoms with Crippen LogP contribution in [0, 0.1) is 11.6 Å². The zero-order valence-electron chi connectivity index (χ0n) is 7.81. The zero-order chi connectivity index (χ0) is 11.7. The Balaban J connectivity index is 2.55. The minimum Gasteiger partial charge on any atom is -0.359 e. The number of hydrogen-bond donors (Lipinski definition) is 0. The Hall–Kier alpha value is -1.13. The van der Waals surface area contributed by atoms with Crippen molar-refractivity contribution in [2.24, 2.45) is 0 Å². The van der Waals surface area contributed by atoms with Crippen LogP contribution in [0.2, 0.25) is 5.02 Å². The second-order valence-corrected chi connectivity index (χ2v) is 3.76. The monoisotopic (exact) mass is 263 g/mol. The van der Waals surface area contributed by atoms with Gasteiger partial charge in [0.2, 0.25) is 0 Å². The quantitative estimate of drug-likeness (QED) is 0.766. The third-order valence-electron chi connectivity index (χ3n) is 1.95. The summed E-state index contributed by atoms with van der Waals surface area (Å²) in [4.78, 5) is 0. The summed E-state index contributed by atoms with van der Waals surface area (Å²) in [5, 5.41) is 3.51. The fourth-order valence-corrected chi connectivity index (χ4v) is 1.60. The lowest BCUT2D eigenvalue weighted by atomic mass is 10.1. The SMILES string of the molecule is Fc1cc(Cl)cc(F)c1-c1cc(CCl)on1. The molecule has 0 saturated heterocycles. The van der Waals surface area contributed by atoms with Crippen molar-refractivity contribution in [3.05, 3.63) is 40.6 Å². The van der Waals surface area contributed by atoms with Crippen LogP contribution in [-0.4, -0.2) is 5.16 Å². The van der Waals surface area contributed by atoms with Crippen LogP contribution in [0.15, 0.2) is 22.7 Å². The van der Waals surface area contributed by atoms with E-state index < -0.39 is 11.6 Å². The number of halogens is 4. The van der Waals surface area contributed by atoms with E-state index in [0.29, 0.717) is 5.76 Å². The summed E-state index contributed by atoms with van der Waals surface area (Å²) in [5.41, 5.74) is -0.216. The van der Waals surface area contributed by atoms with Crippen molar-refractivity contribution in [2.75, 3.05) is 0 Å². The molecule has 6 heteroatoms. The molecule has 0 radical (unpaired) electrons. The maximum absolute atomic E-state index is 13.5. The van der Waals surface area contributed by atoms with Crippen molar-refractivity contribution >= 4 is 23.2 Å². The van der Waals surface area contributed by atoms with Gasteiger partial charge in [0.1, 0.15) is 17.3 Å². The minimum atomic E-state index is -0.792. The summed E-state index contributed by atoms with van der Waals surface area (Å²) >= 11 is 11.0. The van der Waals surface area contributed by atoms with E-state index in [1.807, 2.05) is 0 Å². The van der Waals surface area contributed by atoms with Crippen molar-refractivity contribution in [3.63, 3.8) is 0 Å². The second-order valence-electron chi connectivity index (χ2n) is 3.06. The Bertz CT molecular complexity index is 504. The average molecular weight is 264 g/mol. The van der Waals surface area contributed by atoms with Gasteiger partial charge < -0.3 is 4.52 Å². The molecule has 0 spiro atoms. The van der Waals surface area contributed by atoms with Crippen molar-refractivity contribution in [2.45, 2.75) is 5.88 Å². The van der Waals surface area contributed by atoms with Crippen molar-refractivity contribution in [3.8, 4) is 11.3 Å². The largest absolute Gasteiger partial charge is 0.359 e. The van der Waals surface area contributed by atoms with Crippen LogP contribution in [0.3, 0.4) is 0 Å². The van der Waals surface area contributed by atoms with Gasteiger partial charge in [-0.05, 0) is 12.1 Å². The first-order chi connectivity index (χ1) is 7.61. The van der Waals surface area contributed by atoms with Crippen molar-refractivity contribution in [1.29, 1.82) is 0 Å². The van der Waals surface area contributed by atoms with E-state index in [1.54, 1.807) is 0 Å². The van der Waals surface area contributed by atoms with Gasteiger partial charge in [-0.25, -0.2) is 8.78 Å². The van der Waals surface area contributed by atoms with Gasteiger partial charge in [0, 0.05) is 11.1 Å². The first kappa shape index (κ1) is 11.4. The molecule has 2 nitrogen and oxygen atoms in total. The summed E-state index contributed by atoms with van der Waals surface area (Å²) in [6.45, 7) is 0. The fraction of sp³-hybridized carbons (Fsp3) is 0.100. The van der Waals surface area contributed by atoms with Gasteiger partial charge in [0.05, 0.1) is 11.4 Å². The Morgan fingerprint density at radius 3 is 2.31 bits per heavy atom. The van der Waals surface area contributed by atoms with Crippen LogP contribution in [0.25, 0.3) is 11.3 Å². The summed E-state index contributed by atoms with van der Waals surface area (Å²) in [6, 6.07) is 3.40. The summed E-state index contributed by atoms with van der Waals surface area (Å²) < 4.78 is 31.7. The van der Waals surface area contributed by atoms with Gasteiger partial charge in [-0.15, -0.1) is 11.6 Å². The first-order valence-corrected chi connectivity index (χ1v) is 5.19. The summed E-state index contributed by atoms with van der Waals surface area (Å²) in [7, 11) is 0. The van der Waals surface area contributed by atoms with E-state index in [0.717, 1.165) is 12.1 Å². The molecule has 1 heterocycles. The highest BCUT2D eigenvalue weighted by atomic mass is 35.5. The Morgan fingerprint density at radius 2 is 1.81 bits per heavy atom. The predicted octanol–water partition coefficient (Wildman–Crippen LogP) is 4.01. The molecule has 1 aromatic heterocycles. The summed E-state index contributed by atoms with van der Waals surface area (Å²) in [5.74, 6) is -1.16. The normalized spacial score (nSPS) is 10.8. The van der Waals surface area contributed by atoms with Gasteiger partial charge in [-0.2, -0.15) is 0 Å². The number of aromatic nitrogens is 1. The molecule has 0 amide bonds. The highest BCUT2D eigenvalue weighted by molar-refractivity contribution is 6.30. The molecule has 0 aliphatic rings. The third kappa shape index (κ3) is 2.03. The Labute approximate surface area is 99.8 Å². The molecule has 0 aliphatic heterocycles. The van der Waals surface area contributed by atoms with Gasteiger partial charge in [0.15, 0.2) is 5.76 Å². The molecule has 0 N–H and O–H groups in total. The van der Waals surface area contributed by atoms with Crippen molar-refractivity contribution in [1.82, 2.24) is 5.16 Å². The Kier molecular flexibility index (Phi) is 3.12. The van der Waals surface area contributed by atoms with E-state index >= 15 is 0 Å². The molecule has 0 fully saturated rings. The molecular formula is C10H5Cl2F2NO. The van der Waals surface area contributed by atoms with Crippen LogP contribution in [0.4, 0.5) is 8.78 Å². The van der Waals surface area contributed by atoms with E-state index in [1.165, 1.54) is 6.07 Å². The highest BCUT2D eigenvalue weighted by Crippen LogP contribution is 2.28. The van der Waals surface area contributed by atoms with Gasteiger partial charge in [-0.3, -0.25) is 0 Å². The number of nitrogens with zero attached hydrogens (tertiary/aromatic N) is 1. The van der Waals surface area contributed by atoms with Gasteiger partial charge in [0.25, 0.3) is 0 Å². The second kappa shape index (κ2) is 4.39. The minimum absolute atomic E-state index is 0.0141. The molecular weight excluding hydrogens is 259 g/mol. The van der Waals surface area contributed by atoms with Crippen LogP contribution in [-0.2, 0) is 5.88 Å². The highest BCUT2D eigenvalue weighted by Gasteiger charge is 2.16. The maximum Gasteiger partial charge on any atom is 0.152 e. The lowest BCUT2D eigenvalue weighted by molar-refractivity contribution is 0.395. The van der Waals surface area contributed by atoms with Crippen LogP contribution < -0.4 is 0 Å². The van der Waals surface area contributed by atoms with Crippen molar-refractivity contribution < 1.29 is 13.3 Å². The smallest absolute Gasteiger partial charge is 0.152 e. The number of benzene rings is 1. The van der Waals surface area contributed by atoms with E-state index in [4.69, 9.17) is 27.7 Å². The van der Waals surface area contributed by atoms with Crippen LogP contribution in [0.1, 0.15) is 5.76 Å². The number of alkyl halides is 1. The fourth-order valence-electron chi connectivity index (χ4n) is 1.28.